The van der Waals surface area contributed by atoms with Crippen LogP contribution in [-0.4, -0.2) is 4.57 Å². The number of fused-ring (bicyclic) bond motifs is 1. The van der Waals surface area contributed by atoms with E-state index in [1.807, 2.05) is 12.1 Å². The Labute approximate surface area is 124 Å². The van der Waals surface area contributed by atoms with Crippen LogP contribution in [0.5, 0.6) is 0 Å². The van der Waals surface area contributed by atoms with Gasteiger partial charge in [-0.25, -0.2) is 4.79 Å². The lowest BCUT2D eigenvalue weighted by atomic mass is 9.81. The number of aromatic nitrogens is 1. The smallest absolute Gasteiger partial charge is 0.408 e. The normalized spacial score (nSPS) is 18.2. The van der Waals surface area contributed by atoms with Crippen LogP contribution >= 0.6 is 0 Å². The minimum absolute atomic E-state index is 0.0505. The van der Waals surface area contributed by atoms with E-state index in [9.17, 15) is 4.79 Å². The zero-order valence-corrected chi connectivity index (χ0v) is 12.7. The van der Waals surface area contributed by atoms with Gasteiger partial charge in [0.1, 0.15) is 0 Å². The minimum atomic E-state index is -0.268. The quantitative estimate of drug-likeness (QED) is 0.935. The average molecular weight is 288 g/mol. The summed E-state index contributed by atoms with van der Waals surface area (Å²) in [5, 5.41) is 0. The first-order valence-electron chi connectivity index (χ1n) is 8.09. The third kappa shape index (κ3) is 2.77. The molecule has 114 valence electrons. The highest BCUT2D eigenvalue weighted by Crippen LogP contribution is 2.33. The molecule has 0 saturated heterocycles. The van der Waals surface area contributed by atoms with Crippen LogP contribution in [0.15, 0.2) is 27.4 Å². The van der Waals surface area contributed by atoms with Crippen LogP contribution in [0.3, 0.4) is 0 Å². The van der Waals surface area contributed by atoms with Gasteiger partial charge in [-0.1, -0.05) is 32.3 Å². The maximum atomic E-state index is 11.9. The lowest BCUT2D eigenvalue weighted by molar-refractivity contribution is 0.308. The summed E-state index contributed by atoms with van der Waals surface area (Å²) in [6.45, 7) is 2.75. The van der Waals surface area contributed by atoms with Crippen LogP contribution in [-0.2, 0) is 6.54 Å². The Morgan fingerprint density at radius 1 is 1.33 bits per heavy atom. The summed E-state index contributed by atoms with van der Waals surface area (Å²) in [5.74, 6) is 0.288. The monoisotopic (exact) mass is 288 g/mol. The molecule has 3 rings (SSSR count). The average Bonchev–Trinajstić information content (AvgIpc) is 2.83. The number of rotatable bonds is 4. The fraction of sp³-hybridized carbons (Fsp3) is 0.588. The van der Waals surface area contributed by atoms with Crippen molar-refractivity contribution in [2.75, 3.05) is 0 Å². The molecule has 0 bridgehead atoms. The molecule has 1 aromatic carbocycles. The predicted octanol–water partition coefficient (Wildman–Crippen LogP) is 3.58. The van der Waals surface area contributed by atoms with E-state index in [1.54, 1.807) is 4.57 Å². The Hall–Kier alpha value is -1.55. The zero-order chi connectivity index (χ0) is 14.8. The van der Waals surface area contributed by atoms with Crippen molar-refractivity contribution >= 4 is 11.1 Å². The van der Waals surface area contributed by atoms with E-state index < -0.39 is 0 Å². The van der Waals surface area contributed by atoms with Crippen LogP contribution in [0.1, 0.15) is 57.1 Å². The molecular weight excluding hydrogens is 264 g/mol. The molecule has 1 aromatic heterocycles. The first kappa shape index (κ1) is 14.4. The maximum Gasteiger partial charge on any atom is 0.419 e. The molecule has 4 nitrogen and oxygen atoms in total. The molecule has 1 fully saturated rings. The number of hydrogen-bond acceptors (Lipinski definition) is 3. The van der Waals surface area contributed by atoms with E-state index >= 15 is 0 Å². The number of nitrogens with zero attached hydrogens (tertiary/aromatic N) is 1. The summed E-state index contributed by atoms with van der Waals surface area (Å²) < 4.78 is 7.08. The van der Waals surface area contributed by atoms with E-state index in [-0.39, 0.29) is 11.8 Å². The van der Waals surface area contributed by atoms with Gasteiger partial charge in [-0.05, 0) is 42.9 Å². The third-order valence-corrected chi connectivity index (χ3v) is 4.68. The molecular formula is C17H24N2O2. The molecule has 4 heteroatoms. The van der Waals surface area contributed by atoms with Gasteiger partial charge in [-0.2, -0.15) is 0 Å². The molecule has 0 spiro atoms. The molecule has 0 amide bonds. The van der Waals surface area contributed by atoms with Crippen LogP contribution in [0, 0.1) is 5.92 Å². The lowest BCUT2D eigenvalue weighted by Gasteiger charge is -2.27. The second-order valence-electron chi connectivity index (χ2n) is 6.17. The van der Waals surface area contributed by atoms with Crippen LogP contribution in [0.2, 0.25) is 0 Å². The third-order valence-electron chi connectivity index (χ3n) is 4.68. The Bertz CT molecular complexity index is 665. The molecule has 0 aliphatic heterocycles. The van der Waals surface area contributed by atoms with Gasteiger partial charge >= 0.3 is 5.76 Å². The highest BCUT2D eigenvalue weighted by molar-refractivity contribution is 5.74. The second kappa shape index (κ2) is 6.06. The van der Waals surface area contributed by atoms with Gasteiger partial charge in [-0.3, -0.25) is 4.57 Å². The van der Waals surface area contributed by atoms with E-state index in [4.69, 9.17) is 10.2 Å². The van der Waals surface area contributed by atoms with Crippen molar-refractivity contribution in [2.24, 2.45) is 11.7 Å². The highest BCUT2D eigenvalue weighted by Gasteiger charge is 2.22. The first-order chi connectivity index (χ1) is 10.2. The summed E-state index contributed by atoms with van der Waals surface area (Å²) in [7, 11) is 0. The molecule has 2 N–H and O–H groups in total. The van der Waals surface area contributed by atoms with E-state index in [0.717, 1.165) is 17.5 Å². The number of hydrogen-bond donors (Lipinski definition) is 1. The summed E-state index contributed by atoms with van der Waals surface area (Å²) in [6.07, 6.45) is 7.22. The second-order valence-corrected chi connectivity index (χ2v) is 6.17. The van der Waals surface area contributed by atoms with E-state index in [0.29, 0.717) is 18.0 Å². The van der Waals surface area contributed by atoms with E-state index in [1.165, 1.54) is 32.1 Å². The van der Waals surface area contributed by atoms with Crippen molar-refractivity contribution in [1.82, 2.24) is 4.57 Å². The van der Waals surface area contributed by atoms with Crippen LogP contribution in [0.25, 0.3) is 11.1 Å². The summed E-state index contributed by atoms with van der Waals surface area (Å²) in [5.41, 5.74) is 9.07. The van der Waals surface area contributed by atoms with Gasteiger partial charge in [0.2, 0.25) is 0 Å². The van der Waals surface area contributed by atoms with Crippen molar-refractivity contribution in [3.8, 4) is 0 Å². The van der Waals surface area contributed by atoms with Gasteiger partial charge in [0.15, 0.2) is 5.58 Å². The summed E-state index contributed by atoms with van der Waals surface area (Å²) >= 11 is 0. The minimum Gasteiger partial charge on any atom is -0.408 e. The molecule has 2 aromatic rings. The Kier molecular flexibility index (Phi) is 4.15. The molecule has 1 atom stereocenters. The van der Waals surface area contributed by atoms with Crippen molar-refractivity contribution in [3.63, 3.8) is 0 Å². The molecule has 1 aliphatic carbocycles. The Balaban J connectivity index is 1.92. The predicted molar refractivity (Wildman–Crippen MR) is 84.3 cm³/mol. The van der Waals surface area contributed by atoms with Gasteiger partial charge in [0.25, 0.3) is 0 Å². The number of nitrogens with two attached hydrogens (primary N) is 1. The van der Waals surface area contributed by atoms with Gasteiger partial charge in [-0.15, -0.1) is 0 Å². The fourth-order valence-electron chi connectivity index (χ4n) is 3.49. The van der Waals surface area contributed by atoms with Crippen molar-refractivity contribution < 1.29 is 4.42 Å². The Morgan fingerprint density at radius 3 is 2.81 bits per heavy atom. The van der Waals surface area contributed by atoms with Gasteiger partial charge < -0.3 is 10.2 Å². The largest absolute Gasteiger partial charge is 0.419 e. The summed E-state index contributed by atoms with van der Waals surface area (Å²) in [6, 6.07) is 6.05. The lowest BCUT2D eigenvalue weighted by Crippen LogP contribution is -2.23. The SMILES string of the molecule is CCCn1c(=O)oc2cc(C(N)C3CCCCC3)ccc21. The standard InChI is InChI=1S/C17H24N2O2/c1-2-10-19-14-9-8-13(11-15(14)21-17(19)20)16(18)12-6-4-3-5-7-12/h8-9,11-12,16H,2-7,10,18H2,1H3. The first-order valence-corrected chi connectivity index (χ1v) is 8.09. The van der Waals surface area contributed by atoms with Crippen molar-refractivity contribution in [2.45, 2.75) is 58.0 Å². The van der Waals surface area contributed by atoms with Crippen molar-refractivity contribution in [3.05, 3.63) is 34.3 Å². The molecule has 1 unspecified atom stereocenters. The highest BCUT2D eigenvalue weighted by atomic mass is 16.4. The molecule has 1 saturated carbocycles. The summed E-state index contributed by atoms with van der Waals surface area (Å²) in [4.78, 5) is 11.9. The Morgan fingerprint density at radius 2 is 2.10 bits per heavy atom. The van der Waals surface area contributed by atoms with Gasteiger partial charge in [0, 0.05) is 12.6 Å². The molecule has 1 heterocycles. The molecule has 0 radical (unpaired) electrons. The van der Waals surface area contributed by atoms with E-state index in [2.05, 4.69) is 13.0 Å². The fourth-order valence-corrected chi connectivity index (χ4v) is 3.49. The number of aryl methyl sites for hydroxylation is 1. The van der Waals surface area contributed by atoms with Gasteiger partial charge in [0.05, 0.1) is 5.52 Å². The van der Waals surface area contributed by atoms with Crippen molar-refractivity contribution in [1.29, 1.82) is 0 Å². The molecule has 21 heavy (non-hydrogen) atoms. The zero-order valence-electron chi connectivity index (χ0n) is 12.7. The van der Waals surface area contributed by atoms with Crippen LogP contribution in [0.4, 0.5) is 0 Å². The maximum absolute atomic E-state index is 11.9. The van der Waals surface area contributed by atoms with Crippen LogP contribution < -0.4 is 11.5 Å². The number of oxazole rings is 1. The number of benzene rings is 1. The molecule has 1 aliphatic rings. The topological polar surface area (TPSA) is 61.2 Å².